The molecule has 0 unspecified atom stereocenters. The summed E-state index contributed by atoms with van der Waals surface area (Å²) in [6.07, 6.45) is -4.84. The monoisotopic (exact) mass is 252 g/mol. The maximum Gasteiger partial charge on any atom is 0.420 e. The Balaban J connectivity index is 3.28. The van der Waals surface area contributed by atoms with Crippen LogP contribution >= 0.6 is 11.6 Å². The summed E-state index contributed by atoms with van der Waals surface area (Å²) in [7, 11) is 0. The van der Waals surface area contributed by atoms with Gasteiger partial charge in [0, 0.05) is 6.42 Å². The van der Waals surface area contributed by atoms with Gasteiger partial charge in [0.05, 0.1) is 10.6 Å². The summed E-state index contributed by atoms with van der Waals surface area (Å²) < 4.78 is 37.3. The summed E-state index contributed by atoms with van der Waals surface area (Å²) in [6, 6.07) is 1.87. The first-order valence-corrected chi connectivity index (χ1v) is 4.67. The van der Waals surface area contributed by atoms with Crippen LogP contribution in [-0.4, -0.2) is 10.9 Å². The minimum atomic E-state index is -4.69. The largest absolute Gasteiger partial charge is 0.506 e. The molecule has 0 aliphatic rings. The van der Waals surface area contributed by atoms with E-state index in [0.29, 0.717) is 0 Å². The molecule has 0 aliphatic carbocycles. The topological polar surface area (TPSA) is 37.3 Å². The summed E-state index contributed by atoms with van der Waals surface area (Å²) in [6.45, 7) is 1.26. The van der Waals surface area contributed by atoms with E-state index >= 15 is 0 Å². The molecule has 0 atom stereocenters. The third-order valence-corrected chi connectivity index (χ3v) is 2.17. The van der Waals surface area contributed by atoms with E-state index in [-0.39, 0.29) is 17.8 Å². The molecule has 6 heteroatoms. The van der Waals surface area contributed by atoms with Gasteiger partial charge in [0.2, 0.25) is 0 Å². The molecule has 0 spiro atoms. The number of ketones is 1. The molecule has 2 nitrogen and oxygen atoms in total. The fourth-order valence-corrected chi connectivity index (χ4v) is 1.50. The van der Waals surface area contributed by atoms with Crippen molar-refractivity contribution in [3.63, 3.8) is 0 Å². The molecule has 16 heavy (non-hydrogen) atoms. The second-order valence-corrected chi connectivity index (χ2v) is 3.76. The van der Waals surface area contributed by atoms with E-state index in [1.165, 1.54) is 6.92 Å². The first-order chi connectivity index (χ1) is 7.21. The van der Waals surface area contributed by atoms with Gasteiger partial charge in [-0.15, -0.1) is 0 Å². The average molecular weight is 253 g/mol. The third-order valence-electron chi connectivity index (χ3n) is 1.88. The van der Waals surface area contributed by atoms with E-state index in [0.717, 1.165) is 12.1 Å². The normalized spacial score (nSPS) is 11.6. The summed E-state index contributed by atoms with van der Waals surface area (Å²) in [5, 5.41) is 8.74. The van der Waals surface area contributed by atoms with Crippen LogP contribution in [0.4, 0.5) is 13.2 Å². The highest BCUT2D eigenvalue weighted by atomic mass is 35.5. The van der Waals surface area contributed by atoms with Crippen LogP contribution in [0.15, 0.2) is 12.1 Å². The summed E-state index contributed by atoms with van der Waals surface area (Å²) >= 11 is 5.45. The van der Waals surface area contributed by atoms with E-state index in [9.17, 15) is 18.0 Å². The number of rotatable bonds is 2. The molecule has 0 saturated carbocycles. The molecule has 0 heterocycles. The molecule has 1 rings (SSSR count). The Labute approximate surface area is 94.6 Å². The van der Waals surface area contributed by atoms with Gasteiger partial charge in [-0.1, -0.05) is 11.6 Å². The number of carbonyl (C=O) groups is 1. The molecule has 0 bridgehead atoms. The zero-order chi connectivity index (χ0) is 12.5. The number of hydrogen-bond acceptors (Lipinski definition) is 2. The van der Waals surface area contributed by atoms with E-state index in [1.54, 1.807) is 0 Å². The van der Waals surface area contributed by atoms with E-state index in [1.807, 2.05) is 0 Å². The van der Waals surface area contributed by atoms with Crippen molar-refractivity contribution in [1.82, 2.24) is 0 Å². The lowest BCUT2D eigenvalue weighted by Gasteiger charge is -2.11. The number of carbonyl (C=O) groups excluding carboxylic acids is 1. The van der Waals surface area contributed by atoms with Gasteiger partial charge in [-0.2, -0.15) is 13.2 Å². The second-order valence-electron chi connectivity index (χ2n) is 3.35. The predicted octanol–water partition coefficient (Wildman–Crippen LogP) is 3.20. The Hall–Kier alpha value is -1.23. The molecule has 1 N–H and O–H groups in total. The molecule has 0 aliphatic heterocycles. The summed E-state index contributed by atoms with van der Waals surface area (Å²) in [4.78, 5) is 10.8. The lowest BCUT2D eigenvalue weighted by molar-refractivity contribution is -0.138. The molecule has 1 aromatic carbocycles. The minimum absolute atomic E-state index is 0.127. The van der Waals surface area contributed by atoms with Crippen molar-refractivity contribution in [1.29, 1.82) is 0 Å². The number of phenols is 1. The van der Waals surface area contributed by atoms with Crippen LogP contribution in [0, 0.1) is 0 Å². The number of hydrogen-bond donors (Lipinski definition) is 1. The van der Waals surface area contributed by atoms with Crippen molar-refractivity contribution in [3.05, 3.63) is 28.3 Å². The van der Waals surface area contributed by atoms with Crippen LogP contribution in [0.25, 0.3) is 0 Å². The van der Waals surface area contributed by atoms with Gasteiger partial charge < -0.3 is 5.11 Å². The predicted molar refractivity (Wildman–Crippen MR) is 52.5 cm³/mol. The van der Waals surface area contributed by atoms with Crippen molar-refractivity contribution in [2.75, 3.05) is 0 Å². The first-order valence-electron chi connectivity index (χ1n) is 4.30. The zero-order valence-corrected chi connectivity index (χ0v) is 8.99. The van der Waals surface area contributed by atoms with Crippen molar-refractivity contribution in [2.45, 2.75) is 19.5 Å². The van der Waals surface area contributed by atoms with Crippen LogP contribution < -0.4 is 0 Å². The lowest BCUT2D eigenvalue weighted by atomic mass is 10.0. The number of halogens is 4. The Morgan fingerprint density at radius 2 is 2.00 bits per heavy atom. The molecule has 0 radical (unpaired) electrons. The van der Waals surface area contributed by atoms with E-state index in [4.69, 9.17) is 16.7 Å². The quantitative estimate of drug-likeness (QED) is 0.878. The number of alkyl halides is 3. The molecule has 0 amide bonds. The number of aromatic hydroxyl groups is 1. The highest BCUT2D eigenvalue weighted by Crippen LogP contribution is 2.40. The SMILES string of the molecule is CC(=O)Cc1cc(Cl)c(O)c(C(F)(F)F)c1. The highest BCUT2D eigenvalue weighted by molar-refractivity contribution is 6.32. The van der Waals surface area contributed by atoms with Crippen LogP contribution in [0.1, 0.15) is 18.1 Å². The molecular weight excluding hydrogens is 245 g/mol. The maximum absolute atomic E-state index is 12.4. The summed E-state index contributed by atoms with van der Waals surface area (Å²) in [5.41, 5.74) is -1.10. The number of Topliss-reactive ketones (excluding diaryl/α,β-unsaturated/α-hetero) is 1. The summed E-state index contributed by atoms with van der Waals surface area (Å²) in [5.74, 6) is -1.30. The van der Waals surface area contributed by atoms with Gasteiger partial charge in [0.25, 0.3) is 0 Å². The second kappa shape index (κ2) is 4.33. The molecular formula is C10H8ClF3O2. The van der Waals surface area contributed by atoms with Crippen molar-refractivity contribution in [3.8, 4) is 5.75 Å². The van der Waals surface area contributed by atoms with Gasteiger partial charge >= 0.3 is 6.18 Å². The standard InChI is InChI=1S/C10H8ClF3O2/c1-5(15)2-6-3-7(10(12,13)14)9(16)8(11)4-6/h3-4,16H,2H2,1H3. The van der Waals surface area contributed by atoms with Gasteiger partial charge in [-0.25, -0.2) is 0 Å². The Morgan fingerprint density at radius 1 is 1.44 bits per heavy atom. The van der Waals surface area contributed by atoms with Gasteiger partial charge in [0.15, 0.2) is 0 Å². The zero-order valence-electron chi connectivity index (χ0n) is 8.23. The molecule has 88 valence electrons. The van der Waals surface area contributed by atoms with Crippen LogP contribution in [0.2, 0.25) is 5.02 Å². The minimum Gasteiger partial charge on any atom is -0.506 e. The number of benzene rings is 1. The Kier molecular flexibility index (Phi) is 3.48. The average Bonchev–Trinajstić information content (AvgIpc) is 2.08. The van der Waals surface area contributed by atoms with Crippen molar-refractivity contribution < 1.29 is 23.1 Å². The van der Waals surface area contributed by atoms with Crippen LogP contribution in [-0.2, 0) is 17.4 Å². The third kappa shape index (κ3) is 2.88. The molecule has 0 fully saturated rings. The fraction of sp³-hybridized carbons (Fsp3) is 0.300. The highest BCUT2D eigenvalue weighted by Gasteiger charge is 2.35. The van der Waals surface area contributed by atoms with E-state index < -0.39 is 22.5 Å². The maximum atomic E-state index is 12.4. The van der Waals surface area contributed by atoms with Crippen molar-refractivity contribution in [2.24, 2.45) is 0 Å². The van der Waals surface area contributed by atoms with Gasteiger partial charge in [0.1, 0.15) is 11.5 Å². The van der Waals surface area contributed by atoms with Crippen LogP contribution in [0.3, 0.4) is 0 Å². The molecule has 0 aromatic heterocycles. The van der Waals surface area contributed by atoms with Gasteiger partial charge in [-0.05, 0) is 24.6 Å². The van der Waals surface area contributed by atoms with Crippen LogP contribution in [0.5, 0.6) is 5.75 Å². The van der Waals surface area contributed by atoms with Crippen molar-refractivity contribution >= 4 is 17.4 Å². The number of phenolic OH excluding ortho intramolecular Hbond substituents is 1. The van der Waals surface area contributed by atoms with E-state index in [2.05, 4.69) is 0 Å². The smallest absolute Gasteiger partial charge is 0.420 e. The Bertz CT molecular complexity index is 427. The Morgan fingerprint density at radius 3 is 2.44 bits per heavy atom. The lowest BCUT2D eigenvalue weighted by Crippen LogP contribution is -2.07. The fourth-order valence-electron chi connectivity index (χ4n) is 1.26. The van der Waals surface area contributed by atoms with Gasteiger partial charge in [-0.3, -0.25) is 4.79 Å². The first kappa shape index (κ1) is 12.8. The molecule has 0 saturated heterocycles. The molecule has 1 aromatic rings.